The van der Waals surface area contributed by atoms with Gasteiger partial charge in [-0.25, -0.2) is 8.42 Å². The molecule has 4 nitrogen and oxygen atoms in total. The van der Waals surface area contributed by atoms with Crippen LogP contribution in [0.4, 0.5) is 0 Å². The van der Waals surface area contributed by atoms with Crippen LogP contribution in [0.3, 0.4) is 0 Å². The molecule has 1 aliphatic rings. The van der Waals surface area contributed by atoms with Gasteiger partial charge < -0.3 is 5.73 Å². The molecular formula is C12H19ClN2O2S. The van der Waals surface area contributed by atoms with Crippen LogP contribution in [0.1, 0.15) is 13.3 Å². The lowest BCUT2D eigenvalue weighted by molar-refractivity contribution is 0.404. The summed E-state index contributed by atoms with van der Waals surface area (Å²) < 4.78 is 26.4. The minimum atomic E-state index is -3.35. The SMILES string of the molecule is CC1CC(CN)CN1S(=O)(=O)c1ccccc1.Cl. The zero-order chi connectivity index (χ0) is 12.5. The first-order valence-electron chi connectivity index (χ1n) is 5.82. The largest absolute Gasteiger partial charge is 0.330 e. The maximum Gasteiger partial charge on any atom is 0.243 e. The van der Waals surface area contributed by atoms with E-state index < -0.39 is 10.0 Å². The molecule has 102 valence electrons. The molecule has 0 radical (unpaired) electrons. The molecule has 1 aromatic carbocycles. The molecule has 0 amide bonds. The van der Waals surface area contributed by atoms with Crippen LogP contribution in [0.25, 0.3) is 0 Å². The van der Waals surface area contributed by atoms with Crippen molar-refractivity contribution in [2.45, 2.75) is 24.3 Å². The standard InChI is InChI=1S/C12H18N2O2S.ClH/c1-10-7-11(8-13)9-14(10)17(15,16)12-5-3-2-4-6-12;/h2-6,10-11H,7-9,13H2,1H3;1H. The molecule has 2 unspecified atom stereocenters. The fourth-order valence-electron chi connectivity index (χ4n) is 2.34. The smallest absolute Gasteiger partial charge is 0.243 e. The van der Waals surface area contributed by atoms with E-state index in [1.165, 1.54) is 0 Å². The van der Waals surface area contributed by atoms with Crippen molar-refractivity contribution in [3.05, 3.63) is 30.3 Å². The first-order valence-corrected chi connectivity index (χ1v) is 7.26. The Bertz CT molecular complexity index is 478. The van der Waals surface area contributed by atoms with E-state index in [2.05, 4.69) is 0 Å². The number of hydrogen-bond donors (Lipinski definition) is 1. The number of nitrogens with two attached hydrogens (primary N) is 1. The van der Waals surface area contributed by atoms with E-state index in [9.17, 15) is 8.42 Å². The third-order valence-electron chi connectivity index (χ3n) is 3.29. The fourth-order valence-corrected chi connectivity index (χ4v) is 4.08. The van der Waals surface area contributed by atoms with Gasteiger partial charge in [0, 0.05) is 12.6 Å². The molecule has 0 spiro atoms. The second-order valence-corrected chi connectivity index (χ2v) is 6.46. The predicted octanol–water partition coefficient (Wildman–Crippen LogP) is 1.47. The number of rotatable bonds is 3. The number of sulfonamides is 1. The van der Waals surface area contributed by atoms with Gasteiger partial charge >= 0.3 is 0 Å². The van der Waals surface area contributed by atoms with Gasteiger partial charge in [0.1, 0.15) is 0 Å². The Balaban J connectivity index is 0.00000162. The monoisotopic (exact) mass is 290 g/mol. The lowest BCUT2D eigenvalue weighted by Gasteiger charge is -2.20. The van der Waals surface area contributed by atoms with Crippen LogP contribution in [0.5, 0.6) is 0 Å². The van der Waals surface area contributed by atoms with Gasteiger partial charge in [-0.1, -0.05) is 18.2 Å². The van der Waals surface area contributed by atoms with E-state index in [0.29, 0.717) is 18.0 Å². The molecule has 2 rings (SSSR count). The Morgan fingerprint density at radius 2 is 1.94 bits per heavy atom. The molecule has 1 fully saturated rings. The summed E-state index contributed by atoms with van der Waals surface area (Å²) in [5, 5.41) is 0. The zero-order valence-corrected chi connectivity index (χ0v) is 12.0. The number of halogens is 1. The Hall–Kier alpha value is -0.620. The molecule has 0 saturated carbocycles. The number of benzene rings is 1. The maximum atomic E-state index is 12.4. The summed E-state index contributed by atoms with van der Waals surface area (Å²) in [5.41, 5.74) is 5.62. The van der Waals surface area contributed by atoms with Gasteiger partial charge in [0.05, 0.1) is 4.90 Å². The summed E-state index contributed by atoms with van der Waals surface area (Å²) in [4.78, 5) is 0.365. The van der Waals surface area contributed by atoms with E-state index in [1.54, 1.807) is 28.6 Å². The lowest BCUT2D eigenvalue weighted by atomic mass is 10.1. The van der Waals surface area contributed by atoms with Gasteiger partial charge in [-0.3, -0.25) is 0 Å². The topological polar surface area (TPSA) is 63.4 Å². The van der Waals surface area contributed by atoms with Crippen molar-refractivity contribution in [2.24, 2.45) is 11.7 Å². The van der Waals surface area contributed by atoms with Gasteiger partial charge in [0.15, 0.2) is 0 Å². The molecule has 1 saturated heterocycles. The summed E-state index contributed by atoms with van der Waals surface area (Å²) in [6.07, 6.45) is 0.850. The van der Waals surface area contributed by atoms with Crippen molar-refractivity contribution in [1.29, 1.82) is 0 Å². The summed E-state index contributed by atoms with van der Waals surface area (Å²) in [6.45, 7) is 3.02. The molecule has 6 heteroatoms. The fraction of sp³-hybridized carbons (Fsp3) is 0.500. The van der Waals surface area contributed by atoms with Gasteiger partial charge in [-0.05, 0) is 37.9 Å². The minimum Gasteiger partial charge on any atom is -0.330 e. The summed E-state index contributed by atoms with van der Waals surface area (Å²) in [5.74, 6) is 0.281. The minimum absolute atomic E-state index is 0. The third kappa shape index (κ3) is 2.85. The van der Waals surface area contributed by atoms with Gasteiger partial charge in [0.2, 0.25) is 10.0 Å². The Morgan fingerprint density at radius 3 is 2.44 bits per heavy atom. The van der Waals surface area contributed by atoms with Crippen molar-refractivity contribution in [3.8, 4) is 0 Å². The van der Waals surface area contributed by atoms with Crippen LogP contribution in [-0.2, 0) is 10.0 Å². The second-order valence-electron chi connectivity index (χ2n) is 4.57. The van der Waals surface area contributed by atoms with Crippen LogP contribution in [-0.4, -0.2) is 31.9 Å². The highest BCUT2D eigenvalue weighted by atomic mass is 35.5. The number of hydrogen-bond acceptors (Lipinski definition) is 3. The molecule has 18 heavy (non-hydrogen) atoms. The summed E-state index contributed by atoms with van der Waals surface area (Å²) >= 11 is 0. The van der Waals surface area contributed by atoms with E-state index in [0.717, 1.165) is 6.42 Å². The normalized spacial score (nSPS) is 24.8. The van der Waals surface area contributed by atoms with Crippen LogP contribution in [0.2, 0.25) is 0 Å². The Labute approximate surface area is 115 Å². The van der Waals surface area contributed by atoms with Crippen molar-refractivity contribution < 1.29 is 8.42 Å². The van der Waals surface area contributed by atoms with Crippen molar-refractivity contribution in [3.63, 3.8) is 0 Å². The summed E-state index contributed by atoms with van der Waals surface area (Å²) in [7, 11) is -3.35. The molecule has 1 aromatic rings. The highest BCUT2D eigenvalue weighted by molar-refractivity contribution is 7.89. The van der Waals surface area contributed by atoms with E-state index in [-0.39, 0.29) is 24.4 Å². The first kappa shape index (κ1) is 15.4. The maximum absolute atomic E-state index is 12.4. The van der Waals surface area contributed by atoms with Crippen molar-refractivity contribution in [1.82, 2.24) is 4.31 Å². The molecular weight excluding hydrogens is 272 g/mol. The van der Waals surface area contributed by atoms with Crippen LogP contribution < -0.4 is 5.73 Å². The highest BCUT2D eigenvalue weighted by Gasteiger charge is 2.36. The van der Waals surface area contributed by atoms with Crippen molar-refractivity contribution in [2.75, 3.05) is 13.1 Å². The van der Waals surface area contributed by atoms with Gasteiger partial charge in [-0.15, -0.1) is 12.4 Å². The van der Waals surface area contributed by atoms with E-state index in [4.69, 9.17) is 5.73 Å². The Morgan fingerprint density at radius 1 is 1.33 bits per heavy atom. The molecule has 2 atom stereocenters. The first-order chi connectivity index (χ1) is 8.05. The van der Waals surface area contributed by atoms with Gasteiger partial charge in [-0.2, -0.15) is 4.31 Å². The molecule has 2 N–H and O–H groups in total. The molecule has 0 aromatic heterocycles. The number of nitrogens with zero attached hydrogens (tertiary/aromatic N) is 1. The van der Waals surface area contributed by atoms with Crippen molar-refractivity contribution >= 4 is 22.4 Å². The Kier molecular flexibility index (Phi) is 5.16. The van der Waals surface area contributed by atoms with Crippen LogP contribution in [0, 0.1) is 5.92 Å². The predicted molar refractivity (Wildman–Crippen MR) is 74.2 cm³/mol. The second kappa shape index (κ2) is 6.02. The van der Waals surface area contributed by atoms with E-state index in [1.807, 2.05) is 13.0 Å². The molecule has 1 heterocycles. The molecule has 1 aliphatic heterocycles. The third-order valence-corrected chi connectivity index (χ3v) is 5.28. The average molecular weight is 291 g/mol. The molecule has 0 aliphatic carbocycles. The average Bonchev–Trinajstić information content (AvgIpc) is 2.72. The van der Waals surface area contributed by atoms with E-state index >= 15 is 0 Å². The zero-order valence-electron chi connectivity index (χ0n) is 10.3. The van der Waals surface area contributed by atoms with Gasteiger partial charge in [0.25, 0.3) is 0 Å². The highest BCUT2D eigenvalue weighted by Crippen LogP contribution is 2.28. The van der Waals surface area contributed by atoms with Crippen LogP contribution >= 0.6 is 12.4 Å². The van der Waals surface area contributed by atoms with Crippen LogP contribution in [0.15, 0.2) is 35.2 Å². The summed E-state index contributed by atoms with van der Waals surface area (Å²) in [6, 6.07) is 8.61. The lowest BCUT2D eigenvalue weighted by Crippen LogP contribution is -2.34. The molecule has 0 bridgehead atoms. The quantitative estimate of drug-likeness (QED) is 0.917.